The number of nitrogens with one attached hydrogen (secondary N) is 2. The van der Waals surface area contributed by atoms with Crippen molar-refractivity contribution in [1.82, 2.24) is 9.97 Å². The second kappa shape index (κ2) is 10.7. The molecular formula is C27H34N4O4. The quantitative estimate of drug-likeness (QED) is 0.528. The van der Waals surface area contributed by atoms with Crippen molar-refractivity contribution in [2.75, 3.05) is 38.9 Å². The maximum absolute atomic E-state index is 12.9. The molecule has 2 heterocycles. The number of nitriles is 1. The number of hydrogen-bond donors (Lipinski definition) is 2. The number of methoxy groups -OCH3 is 1. The summed E-state index contributed by atoms with van der Waals surface area (Å²) in [7, 11) is 1.67. The van der Waals surface area contributed by atoms with Gasteiger partial charge in [-0.1, -0.05) is 26.0 Å². The zero-order valence-corrected chi connectivity index (χ0v) is 20.8. The van der Waals surface area contributed by atoms with Crippen LogP contribution in [0.15, 0.2) is 30.5 Å². The highest BCUT2D eigenvalue weighted by Crippen LogP contribution is 2.43. The lowest BCUT2D eigenvalue weighted by Crippen LogP contribution is -2.37. The third-order valence-electron chi connectivity index (χ3n) is 6.99. The molecule has 1 amide bonds. The fourth-order valence-electron chi connectivity index (χ4n) is 4.74. The summed E-state index contributed by atoms with van der Waals surface area (Å²) < 4.78 is 17.3. The molecule has 1 aliphatic heterocycles. The highest BCUT2D eigenvalue weighted by molar-refractivity contribution is 6.03. The van der Waals surface area contributed by atoms with Gasteiger partial charge in [0, 0.05) is 44.4 Å². The summed E-state index contributed by atoms with van der Waals surface area (Å²) in [5.74, 6) is -0.270. The van der Waals surface area contributed by atoms with E-state index in [1.807, 2.05) is 18.2 Å². The Morgan fingerprint density at radius 1 is 1.26 bits per heavy atom. The first-order valence-corrected chi connectivity index (χ1v) is 12.2. The number of carbonyl (C=O) groups is 1. The van der Waals surface area contributed by atoms with E-state index in [0.717, 1.165) is 48.9 Å². The van der Waals surface area contributed by atoms with Crippen molar-refractivity contribution in [2.24, 2.45) is 5.41 Å². The summed E-state index contributed by atoms with van der Waals surface area (Å²) in [4.78, 5) is 19.7. The van der Waals surface area contributed by atoms with Gasteiger partial charge in [0.05, 0.1) is 25.0 Å². The molecule has 2 aromatic rings. The molecule has 0 radical (unpaired) electrons. The Kier molecular flexibility index (Phi) is 7.70. The van der Waals surface area contributed by atoms with Crippen molar-refractivity contribution in [1.29, 1.82) is 5.26 Å². The number of nitrogens with zero attached hydrogens (tertiary/aromatic N) is 2. The number of hydrogen-bond acceptors (Lipinski definition) is 6. The average molecular weight is 479 g/mol. The number of ether oxygens (including phenoxy) is 3. The topological polar surface area (TPSA) is 109 Å². The Morgan fingerprint density at radius 2 is 2.06 bits per heavy atom. The highest BCUT2D eigenvalue weighted by atomic mass is 16.5. The third-order valence-corrected chi connectivity index (χ3v) is 6.99. The van der Waals surface area contributed by atoms with Crippen molar-refractivity contribution < 1.29 is 19.0 Å². The molecule has 186 valence electrons. The van der Waals surface area contributed by atoms with Crippen LogP contribution in [0.25, 0.3) is 5.57 Å². The minimum atomic E-state index is -0.453. The van der Waals surface area contributed by atoms with Gasteiger partial charge in [-0.2, -0.15) is 5.26 Å². The van der Waals surface area contributed by atoms with Crippen LogP contribution in [0.1, 0.15) is 73.4 Å². The number of anilines is 1. The van der Waals surface area contributed by atoms with Crippen LogP contribution in [0.5, 0.6) is 0 Å². The second-order valence-electron chi connectivity index (χ2n) is 10.0. The summed E-state index contributed by atoms with van der Waals surface area (Å²) in [6.07, 6.45) is 8.16. The zero-order chi connectivity index (χ0) is 24.9. The van der Waals surface area contributed by atoms with Crippen LogP contribution in [-0.2, 0) is 19.8 Å². The van der Waals surface area contributed by atoms with Crippen molar-refractivity contribution in [3.05, 3.63) is 53.1 Å². The van der Waals surface area contributed by atoms with Gasteiger partial charge in [-0.15, -0.1) is 0 Å². The Bertz CT molecular complexity index is 1120. The van der Waals surface area contributed by atoms with Crippen molar-refractivity contribution >= 4 is 17.2 Å². The first-order chi connectivity index (χ1) is 16.9. The number of aromatic amines is 1. The SMILES string of the molecule is COCCOC1(c2ccc(NC(=O)c3ncc(C#N)[nH]3)c(C3=CCC(C)(C)CC3)c2)CCOCC1. The summed E-state index contributed by atoms with van der Waals surface area (Å²) >= 11 is 0. The van der Waals surface area contributed by atoms with Crippen LogP contribution < -0.4 is 5.32 Å². The molecule has 1 saturated heterocycles. The molecule has 35 heavy (non-hydrogen) atoms. The Morgan fingerprint density at radius 3 is 2.71 bits per heavy atom. The third kappa shape index (κ3) is 5.81. The maximum atomic E-state index is 12.9. The Balaban J connectivity index is 1.70. The summed E-state index contributed by atoms with van der Waals surface area (Å²) in [6, 6.07) is 8.12. The van der Waals surface area contributed by atoms with Crippen LogP contribution in [0.3, 0.4) is 0 Å². The molecule has 0 atom stereocenters. The van der Waals surface area contributed by atoms with Crippen molar-refractivity contribution in [2.45, 2.75) is 51.6 Å². The Hall–Kier alpha value is -2.99. The van der Waals surface area contributed by atoms with E-state index in [9.17, 15) is 4.79 Å². The largest absolute Gasteiger partial charge is 0.382 e. The predicted molar refractivity (Wildman–Crippen MR) is 133 cm³/mol. The molecule has 0 unspecified atom stereocenters. The number of carbonyl (C=O) groups excluding carboxylic acids is 1. The van der Waals surface area contributed by atoms with Gasteiger partial charge in [0.1, 0.15) is 11.8 Å². The minimum absolute atomic E-state index is 0.110. The first-order valence-electron chi connectivity index (χ1n) is 12.2. The molecule has 0 spiro atoms. The standard InChI is InChI=1S/C27H34N4O4/c1-26(2)8-6-19(7-9-26)22-16-20(27(35-15-14-33-3)10-12-34-13-11-27)4-5-23(22)31-25(32)24-29-18-21(17-28)30-24/h4-6,16,18H,7-15H2,1-3H3,(H,29,30)(H,31,32). The lowest BCUT2D eigenvalue weighted by atomic mass is 9.76. The van der Waals surface area contributed by atoms with E-state index in [0.29, 0.717) is 26.4 Å². The normalized spacial score (nSPS) is 19.0. The molecule has 0 saturated carbocycles. The van der Waals surface area contributed by atoms with Crippen molar-refractivity contribution in [3.8, 4) is 6.07 Å². The molecule has 4 rings (SSSR count). The highest BCUT2D eigenvalue weighted by Gasteiger charge is 2.36. The fraction of sp³-hybridized carbons (Fsp3) is 0.519. The molecule has 1 fully saturated rings. The van der Waals surface area contributed by atoms with Gasteiger partial charge in [0.15, 0.2) is 5.82 Å². The lowest BCUT2D eigenvalue weighted by molar-refractivity contribution is -0.125. The molecule has 1 aromatic heterocycles. The number of rotatable bonds is 8. The number of imidazole rings is 1. The van der Waals surface area contributed by atoms with E-state index in [1.165, 1.54) is 11.8 Å². The minimum Gasteiger partial charge on any atom is -0.382 e. The van der Waals surface area contributed by atoms with E-state index in [-0.39, 0.29) is 22.8 Å². The van der Waals surface area contributed by atoms with Gasteiger partial charge >= 0.3 is 0 Å². The molecule has 2 N–H and O–H groups in total. The van der Waals surface area contributed by atoms with Gasteiger partial charge in [-0.25, -0.2) is 4.98 Å². The number of amides is 1. The number of aromatic nitrogens is 2. The number of allylic oxidation sites excluding steroid dienone is 2. The lowest BCUT2D eigenvalue weighted by Gasteiger charge is -2.38. The van der Waals surface area contributed by atoms with E-state index in [4.69, 9.17) is 19.5 Å². The van der Waals surface area contributed by atoms with E-state index in [1.54, 1.807) is 7.11 Å². The average Bonchev–Trinajstić information content (AvgIpc) is 3.35. The van der Waals surface area contributed by atoms with Crippen LogP contribution in [0, 0.1) is 16.7 Å². The van der Waals surface area contributed by atoms with Gasteiger partial charge in [0.25, 0.3) is 5.91 Å². The zero-order valence-electron chi connectivity index (χ0n) is 20.8. The second-order valence-corrected chi connectivity index (χ2v) is 10.0. The van der Waals surface area contributed by atoms with Gasteiger partial charge in [-0.3, -0.25) is 4.79 Å². The molecular weight excluding hydrogens is 444 g/mol. The molecule has 1 aliphatic carbocycles. The molecule has 0 bridgehead atoms. The van der Waals surface area contributed by atoms with Crippen molar-refractivity contribution in [3.63, 3.8) is 0 Å². The van der Waals surface area contributed by atoms with Crippen LogP contribution >= 0.6 is 0 Å². The van der Waals surface area contributed by atoms with Gasteiger partial charge < -0.3 is 24.5 Å². The van der Waals surface area contributed by atoms with E-state index in [2.05, 4.69) is 41.3 Å². The number of H-pyrrole nitrogens is 1. The predicted octanol–water partition coefficient (Wildman–Crippen LogP) is 4.80. The van der Waals surface area contributed by atoms with Crippen LogP contribution in [-0.4, -0.2) is 49.4 Å². The summed E-state index contributed by atoms with van der Waals surface area (Å²) in [6.45, 7) is 6.86. The molecule has 8 heteroatoms. The monoisotopic (exact) mass is 478 g/mol. The van der Waals surface area contributed by atoms with E-state index >= 15 is 0 Å². The van der Waals surface area contributed by atoms with Gasteiger partial charge in [-0.05, 0) is 47.9 Å². The van der Waals surface area contributed by atoms with Crippen LogP contribution in [0.2, 0.25) is 0 Å². The molecule has 8 nitrogen and oxygen atoms in total. The molecule has 2 aliphatic rings. The van der Waals surface area contributed by atoms with Gasteiger partial charge in [0.2, 0.25) is 0 Å². The summed E-state index contributed by atoms with van der Waals surface area (Å²) in [5.41, 5.74) is 4.08. The van der Waals surface area contributed by atoms with E-state index < -0.39 is 5.60 Å². The smallest absolute Gasteiger partial charge is 0.291 e. The first kappa shape index (κ1) is 25.1. The fourth-order valence-corrected chi connectivity index (χ4v) is 4.74. The maximum Gasteiger partial charge on any atom is 0.291 e. The Labute approximate surface area is 206 Å². The number of benzene rings is 1. The summed E-state index contributed by atoms with van der Waals surface area (Å²) in [5, 5.41) is 12.1. The molecule has 1 aromatic carbocycles. The van der Waals surface area contributed by atoms with Crippen LogP contribution in [0.4, 0.5) is 5.69 Å².